The highest BCUT2D eigenvalue weighted by Gasteiger charge is 2.13. The van der Waals surface area contributed by atoms with Gasteiger partial charge in [0, 0.05) is 23.8 Å². The first kappa shape index (κ1) is 17.5. The first-order valence-corrected chi connectivity index (χ1v) is 7.92. The molecule has 0 saturated heterocycles. The SMILES string of the molecule is O=[N+]([O-])c1ccc(-c2noc(COc3cc(Cl)c(Cl)cc3Cl)n2)cc1. The lowest BCUT2D eigenvalue weighted by Gasteiger charge is -2.06. The Bertz CT molecular complexity index is 928. The van der Waals surface area contributed by atoms with Gasteiger partial charge in [-0.25, -0.2) is 0 Å². The van der Waals surface area contributed by atoms with Gasteiger partial charge in [-0.15, -0.1) is 0 Å². The van der Waals surface area contributed by atoms with Crippen LogP contribution in [0.3, 0.4) is 0 Å². The van der Waals surface area contributed by atoms with Gasteiger partial charge in [-0.2, -0.15) is 4.98 Å². The number of nitrogens with zero attached hydrogens (tertiary/aromatic N) is 3. The van der Waals surface area contributed by atoms with Gasteiger partial charge in [0.05, 0.1) is 20.0 Å². The Morgan fingerprint density at radius 3 is 2.44 bits per heavy atom. The fourth-order valence-electron chi connectivity index (χ4n) is 1.92. The first-order valence-electron chi connectivity index (χ1n) is 6.79. The molecule has 0 radical (unpaired) electrons. The van der Waals surface area contributed by atoms with Gasteiger partial charge in [0.25, 0.3) is 11.6 Å². The number of nitro groups is 1. The molecule has 1 aromatic heterocycles. The molecule has 1 heterocycles. The van der Waals surface area contributed by atoms with E-state index in [1.807, 2.05) is 0 Å². The molecule has 3 aromatic rings. The summed E-state index contributed by atoms with van der Waals surface area (Å²) < 4.78 is 10.6. The second-order valence-corrected chi connectivity index (χ2v) is 6.02. The molecule has 0 N–H and O–H groups in total. The van der Waals surface area contributed by atoms with Crippen molar-refractivity contribution in [2.75, 3.05) is 0 Å². The highest BCUT2D eigenvalue weighted by Crippen LogP contribution is 2.34. The van der Waals surface area contributed by atoms with Crippen molar-refractivity contribution in [2.45, 2.75) is 6.61 Å². The second-order valence-electron chi connectivity index (χ2n) is 4.80. The van der Waals surface area contributed by atoms with Crippen LogP contribution in [0.5, 0.6) is 5.75 Å². The summed E-state index contributed by atoms with van der Waals surface area (Å²) in [5, 5.41) is 15.4. The van der Waals surface area contributed by atoms with E-state index >= 15 is 0 Å². The lowest BCUT2D eigenvalue weighted by molar-refractivity contribution is -0.384. The van der Waals surface area contributed by atoms with Gasteiger partial charge in [-0.05, 0) is 18.2 Å². The average molecular weight is 401 g/mol. The molecule has 0 spiro atoms. The zero-order valence-corrected chi connectivity index (χ0v) is 14.5. The van der Waals surface area contributed by atoms with Crippen molar-refractivity contribution in [3.8, 4) is 17.1 Å². The predicted molar refractivity (Wildman–Crippen MR) is 92.2 cm³/mol. The van der Waals surface area contributed by atoms with Crippen molar-refractivity contribution >= 4 is 40.5 Å². The molecule has 10 heteroatoms. The Kier molecular flexibility index (Phi) is 5.08. The zero-order chi connectivity index (χ0) is 18.0. The number of ether oxygens (including phenoxy) is 1. The molecule has 0 amide bonds. The molecule has 0 unspecified atom stereocenters. The van der Waals surface area contributed by atoms with Crippen molar-refractivity contribution in [2.24, 2.45) is 0 Å². The summed E-state index contributed by atoms with van der Waals surface area (Å²) in [7, 11) is 0. The van der Waals surface area contributed by atoms with E-state index in [0.717, 1.165) is 0 Å². The van der Waals surface area contributed by atoms with Crippen LogP contribution in [-0.2, 0) is 6.61 Å². The number of hydrogen-bond donors (Lipinski definition) is 0. The molecular weight excluding hydrogens is 393 g/mol. The van der Waals surface area contributed by atoms with E-state index in [-0.39, 0.29) is 24.0 Å². The van der Waals surface area contributed by atoms with E-state index in [4.69, 9.17) is 44.1 Å². The monoisotopic (exact) mass is 399 g/mol. The molecule has 128 valence electrons. The van der Waals surface area contributed by atoms with Crippen LogP contribution in [0.1, 0.15) is 5.89 Å². The normalized spacial score (nSPS) is 10.7. The molecular formula is C15H8Cl3N3O4. The summed E-state index contributed by atoms with van der Waals surface area (Å²) in [6.45, 7) is -0.0301. The van der Waals surface area contributed by atoms with E-state index < -0.39 is 4.92 Å². The van der Waals surface area contributed by atoms with Gasteiger partial charge in [0.15, 0.2) is 6.61 Å². The zero-order valence-electron chi connectivity index (χ0n) is 12.3. The molecule has 0 fully saturated rings. The molecule has 0 saturated carbocycles. The Hall–Kier alpha value is -2.35. The largest absolute Gasteiger partial charge is 0.482 e. The fourth-order valence-corrected chi connectivity index (χ4v) is 2.51. The van der Waals surface area contributed by atoms with E-state index in [9.17, 15) is 10.1 Å². The van der Waals surface area contributed by atoms with Gasteiger partial charge in [0.1, 0.15) is 5.75 Å². The third kappa shape index (κ3) is 4.01. The molecule has 3 rings (SSSR count). The number of rotatable bonds is 5. The van der Waals surface area contributed by atoms with Crippen molar-refractivity contribution in [3.05, 3.63) is 67.5 Å². The lowest BCUT2D eigenvalue weighted by Crippen LogP contribution is -1.96. The first-order chi connectivity index (χ1) is 11.9. The Morgan fingerprint density at radius 1 is 1.08 bits per heavy atom. The summed E-state index contributed by atoms with van der Waals surface area (Å²) in [6.07, 6.45) is 0. The number of aromatic nitrogens is 2. The maximum atomic E-state index is 10.7. The number of halogens is 3. The minimum atomic E-state index is -0.486. The number of hydrogen-bond acceptors (Lipinski definition) is 6. The fraction of sp³-hybridized carbons (Fsp3) is 0.0667. The highest BCUT2D eigenvalue weighted by atomic mass is 35.5. The number of nitro benzene ring substituents is 1. The van der Waals surface area contributed by atoms with Crippen molar-refractivity contribution in [1.82, 2.24) is 10.1 Å². The third-order valence-corrected chi connectivity index (χ3v) is 4.15. The summed E-state index contributed by atoms with van der Waals surface area (Å²) in [5.74, 6) is 0.815. The van der Waals surface area contributed by atoms with Gasteiger partial charge in [-0.3, -0.25) is 10.1 Å². The van der Waals surface area contributed by atoms with Gasteiger partial charge in [-0.1, -0.05) is 40.0 Å². The molecule has 0 atom stereocenters. The van der Waals surface area contributed by atoms with E-state index in [2.05, 4.69) is 10.1 Å². The van der Waals surface area contributed by atoms with Gasteiger partial charge < -0.3 is 9.26 Å². The van der Waals surface area contributed by atoms with Crippen molar-refractivity contribution in [3.63, 3.8) is 0 Å². The minimum absolute atomic E-state index is 0.0231. The smallest absolute Gasteiger partial charge is 0.269 e. The van der Waals surface area contributed by atoms with E-state index in [1.54, 1.807) is 0 Å². The van der Waals surface area contributed by atoms with Crippen LogP contribution in [0.4, 0.5) is 5.69 Å². The summed E-state index contributed by atoms with van der Waals surface area (Å²) >= 11 is 17.8. The van der Waals surface area contributed by atoms with Crippen LogP contribution in [0, 0.1) is 10.1 Å². The maximum absolute atomic E-state index is 10.7. The highest BCUT2D eigenvalue weighted by molar-refractivity contribution is 6.43. The quantitative estimate of drug-likeness (QED) is 0.333. The molecule has 2 aromatic carbocycles. The van der Waals surface area contributed by atoms with Crippen LogP contribution < -0.4 is 4.74 Å². The van der Waals surface area contributed by atoms with Crippen molar-refractivity contribution in [1.29, 1.82) is 0 Å². The van der Waals surface area contributed by atoms with Crippen LogP contribution in [-0.4, -0.2) is 15.1 Å². The van der Waals surface area contributed by atoms with E-state index in [0.29, 0.717) is 26.4 Å². The maximum Gasteiger partial charge on any atom is 0.269 e. The van der Waals surface area contributed by atoms with Gasteiger partial charge >= 0.3 is 0 Å². The van der Waals surface area contributed by atoms with Crippen LogP contribution in [0.15, 0.2) is 40.9 Å². The lowest BCUT2D eigenvalue weighted by atomic mass is 10.2. The van der Waals surface area contributed by atoms with Gasteiger partial charge in [0.2, 0.25) is 5.82 Å². The molecule has 0 aliphatic carbocycles. The van der Waals surface area contributed by atoms with Crippen LogP contribution in [0.25, 0.3) is 11.4 Å². The van der Waals surface area contributed by atoms with Crippen molar-refractivity contribution < 1.29 is 14.2 Å². The Morgan fingerprint density at radius 2 is 1.76 bits per heavy atom. The summed E-state index contributed by atoms with van der Waals surface area (Å²) in [4.78, 5) is 14.3. The standard InChI is InChI=1S/C15H8Cl3N3O4/c16-10-5-12(18)13(6-11(10)17)24-7-14-19-15(20-25-14)8-1-3-9(4-2-8)21(22)23/h1-6H,7H2. The summed E-state index contributed by atoms with van der Waals surface area (Å²) in [5.41, 5.74) is 0.554. The minimum Gasteiger partial charge on any atom is -0.482 e. The second kappa shape index (κ2) is 7.26. The molecule has 25 heavy (non-hydrogen) atoms. The Balaban J connectivity index is 1.72. The van der Waals surface area contributed by atoms with Crippen LogP contribution >= 0.6 is 34.8 Å². The average Bonchev–Trinajstić information content (AvgIpc) is 3.06. The third-order valence-electron chi connectivity index (χ3n) is 3.13. The molecule has 0 bridgehead atoms. The van der Waals surface area contributed by atoms with Crippen LogP contribution in [0.2, 0.25) is 15.1 Å². The molecule has 0 aliphatic heterocycles. The summed E-state index contributed by atoms with van der Waals surface area (Å²) in [6, 6.07) is 8.73. The number of benzene rings is 2. The molecule has 7 nitrogen and oxygen atoms in total. The topological polar surface area (TPSA) is 91.3 Å². The molecule has 0 aliphatic rings. The Labute approximate surface area is 156 Å². The predicted octanol–water partition coefficient (Wildman–Crippen LogP) is 5.18. The number of non-ortho nitro benzene ring substituents is 1. The van der Waals surface area contributed by atoms with E-state index in [1.165, 1.54) is 36.4 Å².